The Hall–Kier alpha value is 0.830. The smallest absolute Gasteiger partial charge is 0.0208 e. The van der Waals surface area contributed by atoms with Crippen LogP contribution in [-0.4, -0.2) is 16.3 Å². The third-order valence-electron chi connectivity index (χ3n) is 0.552. The number of hydrogen-bond acceptors (Lipinski definition) is 1. The Morgan fingerprint density at radius 3 is 2.43 bits per heavy atom. The van der Waals surface area contributed by atoms with Crippen molar-refractivity contribution in [1.29, 1.82) is 0 Å². The first kappa shape index (κ1) is 7.83. The molecule has 0 aromatic rings. The fourth-order valence-electron chi connectivity index (χ4n) is 0.280. The van der Waals surface area contributed by atoms with Crippen molar-refractivity contribution in [3.63, 3.8) is 0 Å². The summed E-state index contributed by atoms with van der Waals surface area (Å²) in [6, 6.07) is 0. The molecule has 0 radical (unpaired) electrons. The molecule has 0 aromatic heterocycles. The van der Waals surface area contributed by atoms with E-state index >= 15 is 0 Å². The maximum absolute atomic E-state index is 3.45. The molecule has 0 bridgehead atoms. The van der Waals surface area contributed by atoms with Crippen molar-refractivity contribution in [1.82, 2.24) is 0 Å². The molecule has 0 aliphatic rings. The van der Waals surface area contributed by atoms with Gasteiger partial charge in [-0.3, -0.25) is 0 Å². The lowest BCUT2D eigenvalue weighted by Gasteiger charge is -1.97. The molecule has 0 heterocycles. The SMILES string of the molecule is CCSCC(C)Br. The van der Waals surface area contributed by atoms with Crippen molar-refractivity contribution in [2.45, 2.75) is 18.7 Å². The van der Waals surface area contributed by atoms with E-state index in [9.17, 15) is 0 Å². The van der Waals surface area contributed by atoms with Gasteiger partial charge < -0.3 is 0 Å². The zero-order chi connectivity index (χ0) is 5.70. The second-order valence-corrected chi connectivity index (χ2v) is 4.32. The average Bonchev–Trinajstić information content (AvgIpc) is 1.61. The highest BCUT2D eigenvalue weighted by molar-refractivity contribution is 9.09. The largest absolute Gasteiger partial charge is 0.161 e. The van der Waals surface area contributed by atoms with Crippen molar-refractivity contribution >= 4 is 27.7 Å². The summed E-state index contributed by atoms with van der Waals surface area (Å²) >= 11 is 5.42. The Morgan fingerprint density at radius 2 is 2.29 bits per heavy atom. The average molecular weight is 183 g/mol. The molecule has 0 aliphatic carbocycles. The molecule has 0 saturated carbocycles. The zero-order valence-corrected chi connectivity index (χ0v) is 7.18. The topological polar surface area (TPSA) is 0 Å². The van der Waals surface area contributed by atoms with Crippen LogP contribution in [0.15, 0.2) is 0 Å². The van der Waals surface area contributed by atoms with Gasteiger partial charge in [0.25, 0.3) is 0 Å². The van der Waals surface area contributed by atoms with E-state index in [2.05, 4.69) is 29.8 Å². The number of alkyl halides is 1. The predicted octanol–water partition coefficient (Wildman–Crippen LogP) is 2.52. The lowest BCUT2D eigenvalue weighted by molar-refractivity contribution is 1.15. The number of halogens is 1. The van der Waals surface area contributed by atoms with Gasteiger partial charge in [-0.1, -0.05) is 29.8 Å². The maximum Gasteiger partial charge on any atom is 0.0208 e. The Kier molecular flexibility index (Phi) is 5.57. The van der Waals surface area contributed by atoms with Gasteiger partial charge in [0.1, 0.15) is 0 Å². The molecule has 0 amide bonds. The van der Waals surface area contributed by atoms with Crippen molar-refractivity contribution in [3.05, 3.63) is 0 Å². The quantitative estimate of drug-likeness (QED) is 0.606. The molecule has 0 spiro atoms. The van der Waals surface area contributed by atoms with Gasteiger partial charge in [-0.2, -0.15) is 11.8 Å². The first-order chi connectivity index (χ1) is 3.27. The highest BCUT2D eigenvalue weighted by atomic mass is 79.9. The Labute approximate surface area is 58.2 Å². The third-order valence-corrected chi connectivity index (χ3v) is 2.45. The van der Waals surface area contributed by atoms with E-state index in [1.54, 1.807) is 0 Å². The molecule has 44 valence electrons. The lowest BCUT2D eigenvalue weighted by atomic mass is 10.6. The van der Waals surface area contributed by atoms with Crippen LogP contribution in [0.25, 0.3) is 0 Å². The van der Waals surface area contributed by atoms with Crippen LogP contribution in [-0.2, 0) is 0 Å². The van der Waals surface area contributed by atoms with Crippen molar-refractivity contribution in [2.24, 2.45) is 0 Å². The van der Waals surface area contributed by atoms with Gasteiger partial charge in [0, 0.05) is 10.6 Å². The van der Waals surface area contributed by atoms with E-state index in [1.165, 1.54) is 11.5 Å². The van der Waals surface area contributed by atoms with Crippen LogP contribution in [0.3, 0.4) is 0 Å². The van der Waals surface area contributed by atoms with Crippen LogP contribution >= 0.6 is 27.7 Å². The molecule has 0 N–H and O–H groups in total. The summed E-state index contributed by atoms with van der Waals surface area (Å²) in [6.07, 6.45) is 0. The Morgan fingerprint density at radius 1 is 1.71 bits per heavy atom. The predicted molar refractivity (Wildman–Crippen MR) is 41.4 cm³/mol. The van der Waals surface area contributed by atoms with E-state index in [0.29, 0.717) is 4.83 Å². The molecule has 7 heavy (non-hydrogen) atoms. The van der Waals surface area contributed by atoms with E-state index in [0.717, 1.165) is 0 Å². The van der Waals surface area contributed by atoms with Crippen molar-refractivity contribution in [2.75, 3.05) is 11.5 Å². The summed E-state index contributed by atoms with van der Waals surface area (Å²) in [5.74, 6) is 2.46. The molecular formula is C5H11BrS. The first-order valence-corrected chi connectivity index (χ1v) is 4.56. The normalized spacial score (nSPS) is 14.1. The molecule has 1 unspecified atom stereocenters. The Bertz CT molecular complexity index is 37.1. The first-order valence-electron chi connectivity index (χ1n) is 2.49. The fraction of sp³-hybridized carbons (Fsp3) is 1.00. The second-order valence-electron chi connectivity index (χ2n) is 1.44. The number of hydrogen-bond donors (Lipinski definition) is 0. The van der Waals surface area contributed by atoms with E-state index in [4.69, 9.17) is 0 Å². The number of thioether (sulfide) groups is 1. The van der Waals surface area contributed by atoms with Crippen LogP contribution in [0.1, 0.15) is 13.8 Å². The van der Waals surface area contributed by atoms with E-state index in [1.807, 2.05) is 11.8 Å². The summed E-state index contributed by atoms with van der Waals surface area (Å²) in [6.45, 7) is 4.35. The maximum atomic E-state index is 3.45. The minimum Gasteiger partial charge on any atom is -0.161 e. The van der Waals surface area contributed by atoms with E-state index < -0.39 is 0 Å². The molecule has 0 nitrogen and oxygen atoms in total. The highest BCUT2D eigenvalue weighted by Crippen LogP contribution is 2.07. The van der Waals surface area contributed by atoms with Gasteiger partial charge in [0.2, 0.25) is 0 Å². The van der Waals surface area contributed by atoms with Gasteiger partial charge in [-0.15, -0.1) is 0 Å². The molecular weight excluding hydrogens is 172 g/mol. The summed E-state index contributed by atoms with van der Waals surface area (Å²) < 4.78 is 0. The minimum absolute atomic E-state index is 0.678. The summed E-state index contributed by atoms with van der Waals surface area (Å²) in [5, 5.41) is 0. The van der Waals surface area contributed by atoms with Crippen LogP contribution in [0.2, 0.25) is 0 Å². The standard InChI is InChI=1S/C5H11BrS/c1-3-7-4-5(2)6/h5H,3-4H2,1-2H3. The Balaban J connectivity index is 2.68. The number of rotatable bonds is 3. The van der Waals surface area contributed by atoms with Gasteiger partial charge >= 0.3 is 0 Å². The lowest BCUT2D eigenvalue weighted by Crippen LogP contribution is -1.92. The van der Waals surface area contributed by atoms with Gasteiger partial charge in [-0.05, 0) is 5.75 Å². The monoisotopic (exact) mass is 182 g/mol. The molecule has 0 saturated heterocycles. The molecule has 0 rings (SSSR count). The minimum atomic E-state index is 0.678. The van der Waals surface area contributed by atoms with Crippen molar-refractivity contribution in [3.8, 4) is 0 Å². The summed E-state index contributed by atoms with van der Waals surface area (Å²) in [5.41, 5.74) is 0. The molecule has 0 aliphatic heterocycles. The van der Waals surface area contributed by atoms with E-state index in [-0.39, 0.29) is 0 Å². The molecule has 0 aromatic carbocycles. The van der Waals surface area contributed by atoms with Crippen LogP contribution < -0.4 is 0 Å². The molecule has 1 atom stereocenters. The van der Waals surface area contributed by atoms with Gasteiger partial charge in [-0.25, -0.2) is 0 Å². The second kappa shape index (κ2) is 4.98. The van der Waals surface area contributed by atoms with Crippen LogP contribution in [0.4, 0.5) is 0 Å². The fourth-order valence-corrected chi connectivity index (χ4v) is 1.40. The highest BCUT2D eigenvalue weighted by Gasteiger charge is 1.90. The summed E-state index contributed by atoms with van der Waals surface area (Å²) in [4.78, 5) is 0.678. The summed E-state index contributed by atoms with van der Waals surface area (Å²) in [7, 11) is 0. The van der Waals surface area contributed by atoms with Gasteiger partial charge in [0.15, 0.2) is 0 Å². The molecule has 2 heteroatoms. The van der Waals surface area contributed by atoms with Crippen molar-refractivity contribution < 1.29 is 0 Å². The zero-order valence-electron chi connectivity index (χ0n) is 4.78. The van der Waals surface area contributed by atoms with Gasteiger partial charge in [0.05, 0.1) is 0 Å². The van der Waals surface area contributed by atoms with Crippen LogP contribution in [0.5, 0.6) is 0 Å². The third kappa shape index (κ3) is 6.83. The molecule has 0 fully saturated rings. The van der Waals surface area contributed by atoms with Crippen LogP contribution in [0, 0.1) is 0 Å².